The van der Waals surface area contributed by atoms with Crippen LogP contribution in [0.3, 0.4) is 0 Å². The van der Waals surface area contributed by atoms with Crippen LogP contribution in [-0.2, 0) is 19.7 Å². The highest BCUT2D eigenvalue weighted by molar-refractivity contribution is 5.35. The maximum absolute atomic E-state index is 13.4. The Labute approximate surface area is 140 Å². The second kappa shape index (κ2) is 7.38. The van der Waals surface area contributed by atoms with E-state index in [1.165, 1.54) is 6.07 Å². The maximum atomic E-state index is 13.4. The van der Waals surface area contributed by atoms with Gasteiger partial charge in [-0.15, -0.1) is 0 Å². The van der Waals surface area contributed by atoms with Crippen molar-refractivity contribution in [2.45, 2.75) is 26.6 Å². The first-order chi connectivity index (χ1) is 11.7. The number of aromatic nitrogens is 2. The number of aliphatic hydroxyl groups is 1. The number of rotatable bonds is 6. The summed E-state index contributed by atoms with van der Waals surface area (Å²) in [6.45, 7) is 2.91. The van der Waals surface area contributed by atoms with Crippen molar-refractivity contribution in [3.8, 4) is 5.69 Å². The Hall–Kier alpha value is -2.50. The molecule has 1 heterocycles. The predicted octanol–water partition coefficient (Wildman–Crippen LogP) is 3.10. The van der Waals surface area contributed by atoms with Gasteiger partial charge in [-0.2, -0.15) is 0 Å². The monoisotopic (exact) mass is 325 g/mol. The van der Waals surface area contributed by atoms with Crippen molar-refractivity contribution in [2.75, 3.05) is 0 Å². The molecule has 0 aliphatic heterocycles. The van der Waals surface area contributed by atoms with Gasteiger partial charge in [0, 0.05) is 24.3 Å². The summed E-state index contributed by atoms with van der Waals surface area (Å²) in [6.07, 6.45) is 1.86. The Bertz CT molecular complexity index is 815. The molecule has 2 N–H and O–H groups in total. The number of nitrogens with zero attached hydrogens (tertiary/aromatic N) is 2. The SMILES string of the molecule is Cc1ncc(CNCc2ccc(F)c(CO)c2)n1-c1ccccc1. The molecule has 5 heteroatoms. The normalized spacial score (nSPS) is 11.0. The lowest BCUT2D eigenvalue weighted by Gasteiger charge is -2.11. The fraction of sp³-hybridized carbons (Fsp3) is 0.211. The van der Waals surface area contributed by atoms with Gasteiger partial charge in [-0.05, 0) is 36.8 Å². The minimum Gasteiger partial charge on any atom is -0.392 e. The minimum atomic E-state index is -0.376. The fourth-order valence-corrected chi connectivity index (χ4v) is 2.74. The number of aryl methyl sites for hydroxylation is 1. The number of halogens is 1. The van der Waals surface area contributed by atoms with Gasteiger partial charge in [-0.25, -0.2) is 9.37 Å². The molecule has 0 unspecified atom stereocenters. The average molecular weight is 325 g/mol. The molecule has 0 atom stereocenters. The summed E-state index contributed by atoms with van der Waals surface area (Å²) >= 11 is 0. The molecular weight excluding hydrogens is 305 g/mol. The van der Waals surface area contributed by atoms with Gasteiger partial charge in [0.05, 0.1) is 18.5 Å². The predicted molar refractivity (Wildman–Crippen MR) is 91.2 cm³/mol. The third-order valence-electron chi connectivity index (χ3n) is 3.94. The molecule has 1 aromatic heterocycles. The Morgan fingerprint density at radius 1 is 1.12 bits per heavy atom. The molecule has 0 spiro atoms. The quantitative estimate of drug-likeness (QED) is 0.732. The van der Waals surface area contributed by atoms with Crippen molar-refractivity contribution in [2.24, 2.45) is 0 Å². The second-order valence-corrected chi connectivity index (χ2v) is 5.66. The Kier molecular flexibility index (Phi) is 5.03. The second-order valence-electron chi connectivity index (χ2n) is 5.66. The summed E-state index contributed by atoms with van der Waals surface area (Å²) in [4.78, 5) is 4.40. The van der Waals surface area contributed by atoms with Crippen molar-refractivity contribution in [3.05, 3.63) is 83.2 Å². The fourth-order valence-electron chi connectivity index (χ4n) is 2.74. The van der Waals surface area contributed by atoms with Crippen molar-refractivity contribution < 1.29 is 9.50 Å². The molecule has 3 aromatic rings. The highest BCUT2D eigenvalue weighted by Gasteiger charge is 2.08. The number of benzene rings is 2. The van der Waals surface area contributed by atoms with Crippen LogP contribution in [0.1, 0.15) is 22.6 Å². The number of nitrogens with one attached hydrogen (secondary N) is 1. The van der Waals surface area contributed by atoms with Crippen LogP contribution in [0.2, 0.25) is 0 Å². The number of aliphatic hydroxyl groups excluding tert-OH is 1. The molecular formula is C19H20FN3O. The summed E-state index contributed by atoms with van der Waals surface area (Å²) in [6, 6.07) is 14.9. The lowest BCUT2D eigenvalue weighted by atomic mass is 10.1. The molecule has 24 heavy (non-hydrogen) atoms. The number of para-hydroxylation sites is 1. The van der Waals surface area contributed by atoms with E-state index in [-0.39, 0.29) is 12.4 Å². The molecule has 4 nitrogen and oxygen atoms in total. The van der Waals surface area contributed by atoms with Gasteiger partial charge >= 0.3 is 0 Å². The molecule has 0 bridgehead atoms. The molecule has 0 aliphatic carbocycles. The number of hydrogen-bond acceptors (Lipinski definition) is 3. The van der Waals surface area contributed by atoms with Crippen LogP contribution in [0.5, 0.6) is 0 Å². The van der Waals surface area contributed by atoms with Crippen LogP contribution < -0.4 is 5.32 Å². The van der Waals surface area contributed by atoms with Gasteiger partial charge in [-0.1, -0.05) is 24.3 Å². The zero-order chi connectivity index (χ0) is 16.9. The highest BCUT2D eigenvalue weighted by atomic mass is 19.1. The third-order valence-corrected chi connectivity index (χ3v) is 3.94. The zero-order valence-electron chi connectivity index (χ0n) is 13.5. The summed E-state index contributed by atoms with van der Waals surface area (Å²) < 4.78 is 15.5. The molecule has 0 aliphatic rings. The van der Waals surface area contributed by atoms with E-state index in [1.807, 2.05) is 43.5 Å². The maximum Gasteiger partial charge on any atom is 0.128 e. The number of hydrogen-bond donors (Lipinski definition) is 2. The highest BCUT2D eigenvalue weighted by Crippen LogP contribution is 2.15. The molecule has 0 radical (unpaired) electrons. The Morgan fingerprint density at radius 2 is 1.92 bits per heavy atom. The lowest BCUT2D eigenvalue weighted by molar-refractivity contribution is 0.275. The van der Waals surface area contributed by atoms with E-state index in [4.69, 9.17) is 5.11 Å². The Balaban J connectivity index is 1.70. The molecule has 0 saturated heterocycles. The van der Waals surface area contributed by atoms with Gasteiger partial charge in [0.2, 0.25) is 0 Å². The summed E-state index contributed by atoms with van der Waals surface area (Å²) in [5.41, 5.74) is 3.39. The van der Waals surface area contributed by atoms with E-state index in [2.05, 4.69) is 14.9 Å². The summed E-state index contributed by atoms with van der Waals surface area (Å²) in [7, 11) is 0. The molecule has 0 fully saturated rings. The first-order valence-corrected chi connectivity index (χ1v) is 7.86. The molecule has 0 amide bonds. The van der Waals surface area contributed by atoms with Crippen molar-refractivity contribution in [1.82, 2.24) is 14.9 Å². The molecule has 124 valence electrons. The van der Waals surface area contributed by atoms with Crippen LogP contribution in [0.15, 0.2) is 54.7 Å². The zero-order valence-corrected chi connectivity index (χ0v) is 13.5. The lowest BCUT2D eigenvalue weighted by Crippen LogP contribution is -2.16. The summed E-state index contributed by atoms with van der Waals surface area (Å²) in [5, 5.41) is 12.5. The van der Waals surface area contributed by atoms with Crippen molar-refractivity contribution in [1.29, 1.82) is 0 Å². The van der Waals surface area contributed by atoms with Crippen LogP contribution in [0, 0.1) is 12.7 Å². The van der Waals surface area contributed by atoms with Crippen LogP contribution in [0.4, 0.5) is 4.39 Å². The first kappa shape index (κ1) is 16.4. The average Bonchev–Trinajstić information content (AvgIpc) is 2.98. The van der Waals surface area contributed by atoms with E-state index in [9.17, 15) is 4.39 Å². The first-order valence-electron chi connectivity index (χ1n) is 7.86. The van der Waals surface area contributed by atoms with Crippen molar-refractivity contribution in [3.63, 3.8) is 0 Å². The molecule has 3 rings (SSSR count). The minimum absolute atomic E-state index is 0.292. The Morgan fingerprint density at radius 3 is 2.67 bits per heavy atom. The van der Waals surface area contributed by atoms with Gasteiger partial charge in [-0.3, -0.25) is 4.57 Å². The standard InChI is InChI=1S/C19H20FN3O/c1-14-22-12-18(23(14)17-5-3-2-4-6-17)11-21-10-15-7-8-19(20)16(9-15)13-24/h2-9,12,21,24H,10-11,13H2,1H3. The van der Waals surface area contributed by atoms with Gasteiger partial charge in [0.25, 0.3) is 0 Å². The largest absolute Gasteiger partial charge is 0.392 e. The third kappa shape index (κ3) is 3.53. The van der Waals surface area contributed by atoms with Crippen LogP contribution in [0.25, 0.3) is 5.69 Å². The van der Waals surface area contributed by atoms with E-state index < -0.39 is 0 Å². The van der Waals surface area contributed by atoms with Gasteiger partial charge in [0.15, 0.2) is 0 Å². The molecule has 2 aromatic carbocycles. The number of imidazole rings is 1. The molecule has 0 saturated carbocycles. The van der Waals surface area contributed by atoms with Crippen molar-refractivity contribution >= 4 is 0 Å². The van der Waals surface area contributed by atoms with Crippen LogP contribution in [-0.4, -0.2) is 14.7 Å². The van der Waals surface area contributed by atoms with E-state index >= 15 is 0 Å². The summed E-state index contributed by atoms with van der Waals surface area (Å²) in [5.74, 6) is 0.557. The van der Waals surface area contributed by atoms with Crippen LogP contribution >= 0.6 is 0 Å². The van der Waals surface area contributed by atoms with E-state index in [0.717, 1.165) is 22.8 Å². The van der Waals surface area contributed by atoms with Gasteiger partial charge in [0.1, 0.15) is 11.6 Å². The topological polar surface area (TPSA) is 50.1 Å². The van der Waals surface area contributed by atoms with E-state index in [0.29, 0.717) is 18.7 Å². The van der Waals surface area contributed by atoms with E-state index in [1.54, 1.807) is 12.1 Å². The van der Waals surface area contributed by atoms with Gasteiger partial charge < -0.3 is 10.4 Å². The smallest absolute Gasteiger partial charge is 0.128 e.